The highest BCUT2D eigenvalue weighted by Gasteiger charge is 2.41. The summed E-state index contributed by atoms with van der Waals surface area (Å²) in [4.78, 5) is 38.1. The van der Waals surface area contributed by atoms with Crippen LogP contribution in [0.2, 0.25) is 0 Å². The van der Waals surface area contributed by atoms with E-state index in [0.717, 1.165) is 30.4 Å². The number of carboxylic acid groups (broad SMARTS) is 1. The van der Waals surface area contributed by atoms with E-state index in [9.17, 15) is 14.4 Å². The van der Waals surface area contributed by atoms with Crippen molar-refractivity contribution in [1.29, 1.82) is 0 Å². The molecule has 0 bridgehead atoms. The van der Waals surface area contributed by atoms with Gasteiger partial charge in [-0.3, -0.25) is 9.59 Å². The fraction of sp³-hybridized carbons (Fsp3) is 0.423. The van der Waals surface area contributed by atoms with Crippen molar-refractivity contribution in [3.05, 3.63) is 59.7 Å². The first kappa shape index (κ1) is 21.5. The van der Waals surface area contributed by atoms with Crippen LogP contribution in [0.4, 0.5) is 4.79 Å². The number of hydrogen-bond donors (Lipinski definition) is 2. The first-order valence-corrected chi connectivity index (χ1v) is 11.6. The minimum absolute atomic E-state index is 0.00332. The molecule has 2 aromatic rings. The van der Waals surface area contributed by atoms with E-state index in [0.29, 0.717) is 13.1 Å². The van der Waals surface area contributed by atoms with E-state index in [4.69, 9.17) is 9.84 Å². The highest BCUT2D eigenvalue weighted by molar-refractivity contribution is 5.82. The third kappa shape index (κ3) is 4.19. The van der Waals surface area contributed by atoms with E-state index < -0.39 is 12.1 Å². The van der Waals surface area contributed by atoms with E-state index in [1.165, 1.54) is 11.1 Å². The molecule has 0 spiro atoms. The molecule has 7 nitrogen and oxygen atoms in total. The van der Waals surface area contributed by atoms with Gasteiger partial charge in [0.2, 0.25) is 5.91 Å². The third-order valence-corrected chi connectivity index (χ3v) is 7.21. The lowest BCUT2D eigenvalue weighted by Crippen LogP contribution is -2.55. The molecule has 0 aromatic heterocycles. The van der Waals surface area contributed by atoms with Gasteiger partial charge in [-0.05, 0) is 35.1 Å². The lowest BCUT2D eigenvalue weighted by atomic mass is 9.92. The summed E-state index contributed by atoms with van der Waals surface area (Å²) in [6, 6.07) is 16.2. The number of carbonyl (C=O) groups is 3. The molecule has 3 aliphatic rings. The number of amides is 2. The summed E-state index contributed by atoms with van der Waals surface area (Å²) < 4.78 is 5.65. The fourth-order valence-corrected chi connectivity index (χ4v) is 5.58. The quantitative estimate of drug-likeness (QED) is 0.704. The summed E-state index contributed by atoms with van der Waals surface area (Å²) in [5, 5.41) is 11.8. The summed E-state index contributed by atoms with van der Waals surface area (Å²) in [7, 11) is 0. The van der Waals surface area contributed by atoms with Crippen molar-refractivity contribution in [2.75, 3.05) is 19.7 Å². The SMILES string of the molecule is O=C(O)CC1CN(C(=O)C2CCCC2NC(=O)OCC2c3ccccc3-c3ccccc32)C1. The molecular formula is C26H28N2O5. The molecule has 2 fully saturated rings. The zero-order valence-corrected chi connectivity index (χ0v) is 18.4. The van der Waals surface area contributed by atoms with Crippen LogP contribution in [0, 0.1) is 11.8 Å². The van der Waals surface area contributed by atoms with Gasteiger partial charge in [0.05, 0.1) is 12.3 Å². The maximum atomic E-state index is 12.9. The van der Waals surface area contributed by atoms with Crippen LogP contribution in [0.5, 0.6) is 0 Å². The zero-order chi connectivity index (χ0) is 22.9. The number of fused-ring (bicyclic) bond motifs is 3. The number of hydrogen-bond acceptors (Lipinski definition) is 4. The van der Waals surface area contributed by atoms with Crippen molar-refractivity contribution in [1.82, 2.24) is 10.2 Å². The lowest BCUT2D eigenvalue weighted by molar-refractivity contribution is -0.147. The van der Waals surface area contributed by atoms with Crippen molar-refractivity contribution >= 4 is 18.0 Å². The Morgan fingerprint density at radius 1 is 0.970 bits per heavy atom. The maximum absolute atomic E-state index is 12.9. The van der Waals surface area contributed by atoms with E-state index in [2.05, 4.69) is 29.6 Å². The Hall–Kier alpha value is -3.35. The average Bonchev–Trinajstić information content (AvgIpc) is 3.36. The monoisotopic (exact) mass is 448 g/mol. The number of nitrogens with zero attached hydrogens (tertiary/aromatic N) is 1. The first-order valence-electron chi connectivity index (χ1n) is 11.6. The molecule has 2 unspecified atom stereocenters. The predicted octanol–water partition coefficient (Wildman–Crippen LogP) is 3.63. The molecule has 1 saturated carbocycles. The molecule has 1 heterocycles. The van der Waals surface area contributed by atoms with Crippen LogP contribution in [0.25, 0.3) is 11.1 Å². The minimum Gasteiger partial charge on any atom is -0.481 e. The minimum atomic E-state index is -0.831. The molecule has 2 aliphatic carbocycles. The van der Waals surface area contributed by atoms with Crippen molar-refractivity contribution in [2.24, 2.45) is 11.8 Å². The molecule has 33 heavy (non-hydrogen) atoms. The molecule has 2 atom stereocenters. The summed E-state index contributed by atoms with van der Waals surface area (Å²) in [5.41, 5.74) is 4.68. The van der Waals surface area contributed by atoms with Crippen molar-refractivity contribution < 1.29 is 24.2 Å². The molecule has 1 saturated heterocycles. The Morgan fingerprint density at radius 3 is 2.24 bits per heavy atom. The van der Waals surface area contributed by atoms with Gasteiger partial charge in [0.1, 0.15) is 6.61 Å². The van der Waals surface area contributed by atoms with E-state index >= 15 is 0 Å². The Morgan fingerprint density at radius 2 is 1.61 bits per heavy atom. The van der Waals surface area contributed by atoms with E-state index in [1.807, 2.05) is 24.3 Å². The van der Waals surface area contributed by atoms with Gasteiger partial charge < -0.3 is 20.1 Å². The van der Waals surface area contributed by atoms with Gasteiger partial charge in [-0.1, -0.05) is 55.0 Å². The second-order valence-corrected chi connectivity index (χ2v) is 9.32. The Bertz CT molecular complexity index is 1030. The summed E-state index contributed by atoms with van der Waals surface area (Å²) in [5.74, 6) is -1.06. The van der Waals surface area contributed by atoms with Gasteiger partial charge in [0, 0.05) is 31.0 Å². The molecule has 7 heteroatoms. The topological polar surface area (TPSA) is 95.9 Å². The van der Waals surface area contributed by atoms with Crippen molar-refractivity contribution in [3.63, 3.8) is 0 Å². The fourth-order valence-electron chi connectivity index (χ4n) is 5.58. The first-order chi connectivity index (χ1) is 16.0. The van der Waals surface area contributed by atoms with E-state index in [1.54, 1.807) is 4.90 Å². The molecule has 5 rings (SSSR count). The van der Waals surface area contributed by atoms with Crippen molar-refractivity contribution in [2.45, 2.75) is 37.6 Å². The van der Waals surface area contributed by atoms with Crippen LogP contribution in [0.3, 0.4) is 0 Å². The largest absolute Gasteiger partial charge is 0.481 e. The number of aliphatic carboxylic acids is 1. The normalized spacial score (nSPS) is 21.8. The Labute approximate surface area is 192 Å². The third-order valence-electron chi connectivity index (χ3n) is 7.21. The highest BCUT2D eigenvalue weighted by Crippen LogP contribution is 2.44. The highest BCUT2D eigenvalue weighted by atomic mass is 16.5. The lowest BCUT2D eigenvalue weighted by Gasteiger charge is -2.40. The van der Waals surface area contributed by atoms with Crippen LogP contribution >= 0.6 is 0 Å². The van der Waals surface area contributed by atoms with Gasteiger partial charge in [-0.2, -0.15) is 0 Å². The molecule has 2 N–H and O–H groups in total. The van der Waals surface area contributed by atoms with Crippen LogP contribution in [-0.2, 0) is 14.3 Å². The average molecular weight is 449 g/mol. The summed E-state index contributed by atoms with van der Waals surface area (Å²) in [6.45, 7) is 1.22. The summed E-state index contributed by atoms with van der Waals surface area (Å²) >= 11 is 0. The summed E-state index contributed by atoms with van der Waals surface area (Å²) in [6.07, 6.45) is 1.95. The number of likely N-dealkylation sites (tertiary alicyclic amines) is 1. The van der Waals surface area contributed by atoms with Gasteiger partial charge in [0.15, 0.2) is 0 Å². The molecular weight excluding hydrogens is 420 g/mol. The second-order valence-electron chi connectivity index (χ2n) is 9.32. The standard InChI is InChI=1S/C26H28N2O5/c29-24(30)12-16-13-28(14-16)25(31)21-10-5-11-23(21)27-26(32)33-15-22-19-8-3-1-6-17(19)18-7-2-4-9-20(18)22/h1-4,6-9,16,21-23H,5,10-15H2,(H,27,32)(H,29,30). The second kappa shape index (κ2) is 8.89. The van der Waals surface area contributed by atoms with Gasteiger partial charge in [-0.15, -0.1) is 0 Å². The molecule has 2 amide bonds. The maximum Gasteiger partial charge on any atom is 0.407 e. The van der Waals surface area contributed by atoms with Gasteiger partial charge in [-0.25, -0.2) is 4.79 Å². The molecule has 172 valence electrons. The molecule has 2 aromatic carbocycles. The van der Waals surface area contributed by atoms with Gasteiger partial charge in [0.25, 0.3) is 0 Å². The van der Waals surface area contributed by atoms with Crippen LogP contribution < -0.4 is 5.32 Å². The Balaban J connectivity index is 1.17. The smallest absolute Gasteiger partial charge is 0.407 e. The molecule has 0 radical (unpaired) electrons. The Kier molecular flexibility index (Phi) is 5.79. The van der Waals surface area contributed by atoms with E-state index in [-0.39, 0.29) is 42.7 Å². The van der Waals surface area contributed by atoms with Crippen LogP contribution in [0.1, 0.15) is 42.7 Å². The number of rotatable bonds is 6. The number of carboxylic acids is 1. The van der Waals surface area contributed by atoms with Crippen LogP contribution in [-0.4, -0.2) is 53.7 Å². The number of nitrogens with one attached hydrogen (secondary N) is 1. The van der Waals surface area contributed by atoms with Gasteiger partial charge >= 0.3 is 12.1 Å². The number of benzene rings is 2. The van der Waals surface area contributed by atoms with Crippen LogP contribution in [0.15, 0.2) is 48.5 Å². The molecule has 1 aliphatic heterocycles. The zero-order valence-electron chi connectivity index (χ0n) is 18.4. The van der Waals surface area contributed by atoms with Crippen molar-refractivity contribution in [3.8, 4) is 11.1 Å². The number of ether oxygens (including phenoxy) is 1. The number of alkyl carbamates (subject to hydrolysis) is 1. The predicted molar refractivity (Wildman–Crippen MR) is 122 cm³/mol. The number of carbonyl (C=O) groups excluding carboxylic acids is 2.